The van der Waals surface area contributed by atoms with Gasteiger partial charge in [-0.05, 0) is 40.5 Å². The van der Waals surface area contributed by atoms with Crippen molar-refractivity contribution in [3.05, 3.63) is 22.2 Å². The molecule has 0 radical (unpaired) electrons. The van der Waals surface area contributed by atoms with Crippen LogP contribution in [0.1, 0.15) is 12.5 Å². The number of benzene rings is 1. The zero-order valence-electron chi connectivity index (χ0n) is 13.4. The maximum Gasteiger partial charge on any atom is 0.462 e. The molecule has 0 aromatic heterocycles. The van der Waals surface area contributed by atoms with Gasteiger partial charge in [0.15, 0.2) is 18.1 Å². The van der Waals surface area contributed by atoms with Gasteiger partial charge in [-0.2, -0.15) is 41.1 Å². The summed E-state index contributed by atoms with van der Waals surface area (Å²) in [6, 6.07) is -1.51. The average Bonchev–Trinajstić information content (AvgIpc) is 2.53. The predicted octanol–water partition coefficient (Wildman–Crippen LogP) is 4.46. The van der Waals surface area contributed by atoms with Crippen LogP contribution in [0.3, 0.4) is 0 Å². The lowest BCUT2D eigenvalue weighted by Crippen LogP contribution is -2.58. The Kier molecular flexibility index (Phi) is 7.30. The van der Waals surface area contributed by atoms with Gasteiger partial charge in [-0.1, -0.05) is 0 Å². The Hall–Kier alpha value is -2.23. The van der Waals surface area contributed by atoms with Crippen LogP contribution in [0.25, 0.3) is 0 Å². The predicted molar refractivity (Wildman–Crippen MR) is 83.1 cm³/mol. The molecule has 5 nitrogen and oxygen atoms in total. The molecule has 1 aromatic carbocycles. The summed E-state index contributed by atoms with van der Waals surface area (Å²) in [7, 11) is 0. The Morgan fingerprint density at radius 1 is 1.19 bits per heavy atom. The Morgan fingerprint density at radius 2 is 1.81 bits per heavy atom. The summed E-state index contributed by atoms with van der Waals surface area (Å²) in [6.07, 6.45) is -5.88. The van der Waals surface area contributed by atoms with Crippen LogP contribution in [-0.4, -0.2) is 37.6 Å². The van der Waals surface area contributed by atoms with Gasteiger partial charge in [-0.25, -0.2) is 5.43 Å². The number of halogens is 8. The van der Waals surface area contributed by atoms with E-state index in [0.717, 1.165) is 0 Å². The second-order valence-electron chi connectivity index (χ2n) is 4.73. The van der Waals surface area contributed by atoms with E-state index < -0.39 is 18.1 Å². The van der Waals surface area contributed by atoms with E-state index in [1.807, 2.05) is 0 Å². The molecular formula is C14H11BrF7N3O2. The summed E-state index contributed by atoms with van der Waals surface area (Å²) in [5.74, 6) is -6.16. The standard InChI is InChI=1S/C14H11BrF7N3O2/c1-2-26-10-6-8(5-9(15)11(10)27-4-3-23)7-24-25-14(21,22)12(16,17)13(18,19)20/h5-7,25H,2,4H2,1H3/b24-7+. The monoisotopic (exact) mass is 465 g/mol. The number of hydrazone groups is 1. The first-order valence-electron chi connectivity index (χ1n) is 6.96. The maximum absolute atomic E-state index is 13.1. The summed E-state index contributed by atoms with van der Waals surface area (Å²) in [5, 5.41) is 11.3. The van der Waals surface area contributed by atoms with E-state index in [9.17, 15) is 30.7 Å². The third kappa shape index (κ3) is 5.38. The highest BCUT2D eigenvalue weighted by Gasteiger charge is 2.73. The van der Waals surface area contributed by atoms with Crippen LogP contribution in [0.4, 0.5) is 30.7 Å². The normalized spacial score (nSPS) is 12.7. The molecule has 0 aliphatic rings. The van der Waals surface area contributed by atoms with Gasteiger partial charge in [0, 0.05) is 0 Å². The van der Waals surface area contributed by atoms with Gasteiger partial charge in [0.05, 0.1) is 17.3 Å². The summed E-state index contributed by atoms with van der Waals surface area (Å²) >= 11 is 3.07. The second kappa shape index (κ2) is 8.64. The molecule has 0 saturated heterocycles. The molecule has 0 aliphatic carbocycles. The summed E-state index contributed by atoms with van der Waals surface area (Å²) in [5.41, 5.74) is 0.517. The third-order valence-corrected chi connectivity index (χ3v) is 3.37. The highest BCUT2D eigenvalue weighted by atomic mass is 79.9. The molecule has 1 aromatic rings. The molecule has 13 heteroatoms. The fraction of sp³-hybridized carbons (Fsp3) is 0.429. The number of hydrogen-bond acceptors (Lipinski definition) is 5. The van der Waals surface area contributed by atoms with Crippen LogP contribution in [0.15, 0.2) is 21.7 Å². The molecule has 0 heterocycles. The highest BCUT2D eigenvalue weighted by Crippen LogP contribution is 2.45. The number of ether oxygens (including phenoxy) is 2. The molecular weight excluding hydrogens is 455 g/mol. The van der Waals surface area contributed by atoms with Gasteiger partial charge in [0.25, 0.3) is 0 Å². The van der Waals surface area contributed by atoms with E-state index in [2.05, 4.69) is 21.0 Å². The maximum atomic E-state index is 13.1. The number of alkyl halides is 7. The van der Waals surface area contributed by atoms with Crippen molar-refractivity contribution in [1.82, 2.24) is 5.43 Å². The van der Waals surface area contributed by atoms with Gasteiger partial charge in [0.2, 0.25) is 0 Å². The second-order valence-corrected chi connectivity index (χ2v) is 5.58. The molecule has 0 aliphatic heterocycles. The van der Waals surface area contributed by atoms with E-state index in [1.165, 1.54) is 12.1 Å². The van der Waals surface area contributed by atoms with E-state index in [-0.39, 0.29) is 34.7 Å². The fourth-order valence-corrected chi connectivity index (χ4v) is 2.18. The van der Waals surface area contributed by atoms with Crippen LogP contribution in [0.5, 0.6) is 11.5 Å². The van der Waals surface area contributed by atoms with Gasteiger partial charge in [-0.15, -0.1) is 0 Å². The summed E-state index contributed by atoms with van der Waals surface area (Å²) in [4.78, 5) is 0. The third-order valence-electron chi connectivity index (χ3n) is 2.78. The quantitative estimate of drug-likeness (QED) is 0.266. The fourth-order valence-electron chi connectivity index (χ4n) is 1.61. The number of nitrogens with zero attached hydrogens (tertiary/aromatic N) is 2. The molecule has 0 saturated carbocycles. The lowest BCUT2D eigenvalue weighted by atomic mass is 10.2. The first kappa shape index (κ1) is 22.8. The van der Waals surface area contributed by atoms with Crippen LogP contribution < -0.4 is 14.9 Å². The van der Waals surface area contributed by atoms with E-state index in [4.69, 9.17) is 14.7 Å². The van der Waals surface area contributed by atoms with Crippen molar-refractivity contribution in [1.29, 1.82) is 5.26 Å². The largest absolute Gasteiger partial charge is 0.490 e. The first-order valence-corrected chi connectivity index (χ1v) is 7.75. The minimum Gasteiger partial charge on any atom is -0.490 e. The van der Waals surface area contributed by atoms with Gasteiger partial charge in [0.1, 0.15) is 6.07 Å². The summed E-state index contributed by atoms with van der Waals surface area (Å²) < 4.78 is 98.4. The first-order chi connectivity index (χ1) is 12.4. The van der Waals surface area contributed by atoms with E-state index >= 15 is 0 Å². The van der Waals surface area contributed by atoms with Crippen molar-refractivity contribution in [2.45, 2.75) is 25.1 Å². The molecule has 1 rings (SSSR count). The molecule has 0 bridgehead atoms. The minimum atomic E-state index is -6.47. The molecule has 0 atom stereocenters. The average molecular weight is 466 g/mol. The smallest absolute Gasteiger partial charge is 0.462 e. The number of rotatable bonds is 8. The van der Waals surface area contributed by atoms with Crippen LogP contribution >= 0.6 is 15.9 Å². The molecule has 150 valence electrons. The summed E-state index contributed by atoms with van der Waals surface area (Å²) in [6.45, 7) is 1.44. The van der Waals surface area contributed by atoms with Crippen molar-refractivity contribution >= 4 is 22.1 Å². The number of hydrogen-bond donors (Lipinski definition) is 1. The molecule has 0 spiro atoms. The van der Waals surface area contributed by atoms with Gasteiger partial charge >= 0.3 is 18.1 Å². The van der Waals surface area contributed by atoms with Crippen molar-refractivity contribution in [2.24, 2.45) is 5.10 Å². The lowest BCUT2D eigenvalue weighted by molar-refractivity contribution is -0.361. The zero-order valence-corrected chi connectivity index (χ0v) is 15.0. The molecule has 27 heavy (non-hydrogen) atoms. The topological polar surface area (TPSA) is 66.6 Å². The van der Waals surface area contributed by atoms with Crippen LogP contribution in [0, 0.1) is 11.3 Å². The zero-order chi connectivity index (χ0) is 20.9. The van der Waals surface area contributed by atoms with Gasteiger partial charge < -0.3 is 9.47 Å². The molecule has 0 unspecified atom stereocenters. The molecule has 0 amide bonds. The van der Waals surface area contributed by atoms with Crippen molar-refractivity contribution < 1.29 is 40.2 Å². The highest BCUT2D eigenvalue weighted by molar-refractivity contribution is 9.10. The van der Waals surface area contributed by atoms with Crippen LogP contribution in [0.2, 0.25) is 0 Å². The number of nitrogens with one attached hydrogen (secondary N) is 1. The Bertz CT molecular complexity index is 733. The minimum absolute atomic E-state index is 0.00765. The van der Waals surface area contributed by atoms with E-state index in [0.29, 0.717) is 11.6 Å². The van der Waals surface area contributed by atoms with Gasteiger partial charge in [-0.3, -0.25) is 0 Å². The SMILES string of the molecule is CCOc1cc(/C=N/NC(F)(F)C(F)(F)C(F)(F)F)cc(Br)c1OCC#N. The van der Waals surface area contributed by atoms with Crippen molar-refractivity contribution in [3.8, 4) is 17.6 Å². The Morgan fingerprint density at radius 3 is 2.33 bits per heavy atom. The van der Waals surface area contributed by atoms with Crippen LogP contribution in [-0.2, 0) is 0 Å². The number of nitriles is 1. The van der Waals surface area contributed by atoms with E-state index in [1.54, 1.807) is 13.0 Å². The Balaban J connectivity index is 3.06. The Labute approximate surface area is 156 Å². The van der Waals surface area contributed by atoms with Crippen molar-refractivity contribution in [3.63, 3.8) is 0 Å². The lowest BCUT2D eigenvalue weighted by Gasteiger charge is -2.27. The molecule has 0 fully saturated rings. The molecule has 1 N–H and O–H groups in total. The van der Waals surface area contributed by atoms with Crippen molar-refractivity contribution in [2.75, 3.05) is 13.2 Å².